The Kier molecular flexibility index (Phi) is 6.50. The van der Waals surface area contributed by atoms with Gasteiger partial charge in [-0.2, -0.15) is 0 Å². The fraction of sp³-hybridized carbons (Fsp3) is 0.423. The van der Waals surface area contributed by atoms with Crippen molar-refractivity contribution in [1.82, 2.24) is 15.2 Å². The van der Waals surface area contributed by atoms with Gasteiger partial charge in [0.2, 0.25) is 11.8 Å². The number of nitrogens with zero attached hydrogens (tertiary/aromatic N) is 2. The molecule has 1 aliphatic heterocycles. The summed E-state index contributed by atoms with van der Waals surface area (Å²) >= 11 is 0. The van der Waals surface area contributed by atoms with E-state index in [1.807, 2.05) is 29.2 Å². The number of benzene rings is 1. The van der Waals surface area contributed by atoms with Crippen LogP contribution in [0.25, 0.3) is 11.1 Å². The van der Waals surface area contributed by atoms with E-state index in [9.17, 15) is 9.59 Å². The van der Waals surface area contributed by atoms with Crippen LogP contribution in [0, 0.1) is 11.3 Å². The van der Waals surface area contributed by atoms with Gasteiger partial charge in [-0.05, 0) is 60.9 Å². The zero-order chi connectivity index (χ0) is 21.7. The number of hydrogen-bond acceptors (Lipinski definition) is 3. The second kappa shape index (κ2) is 9.46. The van der Waals surface area contributed by atoms with Crippen LogP contribution in [0.2, 0.25) is 0 Å². The lowest BCUT2D eigenvalue weighted by atomic mass is 9.72. The lowest BCUT2D eigenvalue weighted by Crippen LogP contribution is -2.55. The van der Waals surface area contributed by atoms with Crippen LogP contribution in [0.1, 0.15) is 37.7 Å². The average molecular weight is 418 g/mol. The summed E-state index contributed by atoms with van der Waals surface area (Å²) < 4.78 is 0. The molecule has 1 aromatic heterocycles. The van der Waals surface area contributed by atoms with Crippen LogP contribution in [-0.4, -0.2) is 41.3 Å². The molecule has 0 radical (unpaired) electrons. The van der Waals surface area contributed by atoms with Crippen LogP contribution < -0.4 is 5.32 Å². The minimum absolute atomic E-state index is 0.0167. The van der Waals surface area contributed by atoms with E-state index < -0.39 is 5.41 Å². The average Bonchev–Trinajstić information content (AvgIpc) is 2.77. The highest BCUT2D eigenvalue weighted by atomic mass is 16.2. The summed E-state index contributed by atoms with van der Waals surface area (Å²) in [5, 5.41) is 3.03. The van der Waals surface area contributed by atoms with Crippen molar-refractivity contribution in [3.05, 3.63) is 67.0 Å². The number of piperidine rings is 1. The maximum atomic E-state index is 13.4. The van der Waals surface area contributed by atoms with Crippen molar-refractivity contribution in [2.45, 2.75) is 38.5 Å². The molecule has 31 heavy (non-hydrogen) atoms. The van der Waals surface area contributed by atoms with E-state index in [1.165, 1.54) is 0 Å². The molecule has 1 aromatic carbocycles. The van der Waals surface area contributed by atoms with E-state index in [-0.39, 0.29) is 17.7 Å². The zero-order valence-corrected chi connectivity index (χ0v) is 18.1. The third kappa shape index (κ3) is 4.55. The van der Waals surface area contributed by atoms with E-state index in [0.29, 0.717) is 19.5 Å². The molecule has 2 heterocycles. The highest BCUT2D eigenvalue weighted by Crippen LogP contribution is 2.39. The number of amides is 2. The maximum Gasteiger partial charge on any atom is 0.228 e. The number of aromatic nitrogens is 1. The number of pyridine rings is 1. The Balaban J connectivity index is 1.65. The Hall–Kier alpha value is -2.95. The number of carbonyl (C=O) groups is 2. The van der Waals surface area contributed by atoms with Gasteiger partial charge in [0.1, 0.15) is 0 Å². The van der Waals surface area contributed by atoms with Gasteiger partial charge in [-0.3, -0.25) is 14.6 Å². The van der Waals surface area contributed by atoms with Gasteiger partial charge in [0.25, 0.3) is 0 Å². The van der Waals surface area contributed by atoms with Crippen LogP contribution in [0.4, 0.5) is 0 Å². The number of carbonyl (C=O) groups excluding carboxylic acids is 2. The molecule has 0 spiro atoms. The van der Waals surface area contributed by atoms with Crippen LogP contribution >= 0.6 is 0 Å². The van der Waals surface area contributed by atoms with Gasteiger partial charge in [-0.25, -0.2) is 0 Å². The predicted octanol–water partition coefficient (Wildman–Crippen LogP) is 4.00. The number of rotatable bonds is 7. The van der Waals surface area contributed by atoms with Crippen LogP contribution in [-0.2, 0) is 16.0 Å². The second-order valence-electron chi connectivity index (χ2n) is 8.84. The summed E-state index contributed by atoms with van der Waals surface area (Å²) in [6.07, 6.45) is 10.6. The Morgan fingerprint density at radius 2 is 1.94 bits per heavy atom. The zero-order valence-electron chi connectivity index (χ0n) is 18.1. The molecule has 5 nitrogen and oxygen atoms in total. The molecule has 1 unspecified atom stereocenters. The minimum atomic E-state index is -0.635. The molecular formula is C26H31N3O2. The molecule has 162 valence electrons. The highest BCUT2D eigenvalue weighted by molar-refractivity contribution is 5.86. The Labute approximate surface area is 184 Å². The van der Waals surface area contributed by atoms with E-state index in [0.717, 1.165) is 55.3 Å². The fourth-order valence-corrected chi connectivity index (χ4v) is 4.85. The number of likely N-dealkylation sites (tertiary alicyclic amines) is 1. The van der Waals surface area contributed by atoms with E-state index in [2.05, 4.69) is 29.0 Å². The standard InChI is InChI=1S/C26H31N3O2/c1-2-14-28-25(31)26(13-6-17-29(19-26)24(30)21-8-5-9-21)18-22-7-3-4-10-23(22)20-11-15-27-16-12-20/h2-4,7,10-12,15-16,21H,1,5-6,8-9,13-14,17-19H2,(H,28,31). The number of hydrogen-bond donors (Lipinski definition) is 1. The highest BCUT2D eigenvalue weighted by Gasteiger charge is 2.45. The van der Waals surface area contributed by atoms with Gasteiger partial charge in [0, 0.05) is 37.9 Å². The summed E-state index contributed by atoms with van der Waals surface area (Å²) in [6, 6.07) is 12.2. The summed E-state index contributed by atoms with van der Waals surface area (Å²) in [7, 11) is 0. The van der Waals surface area contributed by atoms with Crippen molar-refractivity contribution in [2.75, 3.05) is 19.6 Å². The van der Waals surface area contributed by atoms with Gasteiger partial charge in [-0.1, -0.05) is 36.8 Å². The molecule has 1 aliphatic carbocycles. The first-order chi connectivity index (χ1) is 15.1. The Bertz CT molecular complexity index is 939. The molecule has 2 amide bonds. The largest absolute Gasteiger partial charge is 0.352 e. The van der Waals surface area contributed by atoms with E-state index in [4.69, 9.17) is 0 Å². The third-order valence-corrected chi connectivity index (χ3v) is 6.77. The first-order valence-electron chi connectivity index (χ1n) is 11.3. The molecule has 4 rings (SSSR count). The topological polar surface area (TPSA) is 62.3 Å². The summed E-state index contributed by atoms with van der Waals surface area (Å²) in [5.41, 5.74) is 2.69. The van der Waals surface area contributed by atoms with Crippen molar-refractivity contribution in [1.29, 1.82) is 0 Å². The van der Waals surface area contributed by atoms with Gasteiger partial charge in [-0.15, -0.1) is 6.58 Å². The fourth-order valence-electron chi connectivity index (χ4n) is 4.85. The molecule has 2 aromatic rings. The molecule has 2 fully saturated rings. The monoisotopic (exact) mass is 417 g/mol. The molecule has 0 bridgehead atoms. The SMILES string of the molecule is C=CCNC(=O)C1(Cc2ccccc2-c2ccncc2)CCCN(C(=O)C2CCC2)C1. The Morgan fingerprint density at radius 1 is 1.16 bits per heavy atom. The Morgan fingerprint density at radius 3 is 2.65 bits per heavy atom. The first-order valence-corrected chi connectivity index (χ1v) is 11.3. The molecule has 1 N–H and O–H groups in total. The molecular weight excluding hydrogens is 386 g/mol. The third-order valence-electron chi connectivity index (χ3n) is 6.77. The quantitative estimate of drug-likeness (QED) is 0.693. The first kappa shape index (κ1) is 21.3. The minimum Gasteiger partial charge on any atom is -0.352 e. The molecule has 2 aliphatic rings. The lowest BCUT2D eigenvalue weighted by Gasteiger charge is -2.44. The maximum absolute atomic E-state index is 13.4. The summed E-state index contributed by atoms with van der Waals surface area (Å²) in [4.78, 5) is 32.6. The van der Waals surface area contributed by atoms with Gasteiger partial charge < -0.3 is 10.2 Å². The summed E-state index contributed by atoms with van der Waals surface area (Å²) in [5.74, 6) is 0.397. The van der Waals surface area contributed by atoms with Crippen LogP contribution in [0.15, 0.2) is 61.4 Å². The molecule has 1 saturated heterocycles. The summed E-state index contributed by atoms with van der Waals surface area (Å²) in [6.45, 7) is 5.40. The van der Waals surface area contributed by atoms with Gasteiger partial charge in [0.15, 0.2) is 0 Å². The second-order valence-corrected chi connectivity index (χ2v) is 8.84. The van der Waals surface area contributed by atoms with E-state index in [1.54, 1.807) is 18.5 Å². The number of nitrogens with one attached hydrogen (secondary N) is 1. The molecule has 5 heteroatoms. The van der Waals surface area contributed by atoms with Crippen LogP contribution in [0.5, 0.6) is 0 Å². The van der Waals surface area contributed by atoms with Gasteiger partial charge in [0.05, 0.1) is 5.41 Å². The lowest BCUT2D eigenvalue weighted by molar-refractivity contribution is -0.146. The van der Waals surface area contributed by atoms with Crippen molar-refractivity contribution in [2.24, 2.45) is 11.3 Å². The van der Waals surface area contributed by atoms with Crippen molar-refractivity contribution in [3.63, 3.8) is 0 Å². The van der Waals surface area contributed by atoms with Crippen molar-refractivity contribution < 1.29 is 9.59 Å². The normalized spacial score (nSPS) is 21.2. The predicted molar refractivity (Wildman–Crippen MR) is 122 cm³/mol. The van der Waals surface area contributed by atoms with Crippen molar-refractivity contribution in [3.8, 4) is 11.1 Å². The van der Waals surface area contributed by atoms with Gasteiger partial charge >= 0.3 is 0 Å². The smallest absolute Gasteiger partial charge is 0.228 e. The van der Waals surface area contributed by atoms with Crippen LogP contribution in [0.3, 0.4) is 0 Å². The van der Waals surface area contributed by atoms with E-state index >= 15 is 0 Å². The van der Waals surface area contributed by atoms with Crippen molar-refractivity contribution >= 4 is 11.8 Å². The molecule has 1 saturated carbocycles. The molecule has 1 atom stereocenters.